The molecule has 2 unspecified atom stereocenters. The van der Waals surface area contributed by atoms with Gasteiger partial charge >= 0.3 is 0 Å². The Labute approximate surface area is 102 Å². The SMILES string of the molecule is CCCCCC(C)N1CCCC(NCC)C1. The summed E-state index contributed by atoms with van der Waals surface area (Å²) in [5, 5.41) is 3.59. The summed E-state index contributed by atoms with van der Waals surface area (Å²) in [6, 6.07) is 1.53. The molecule has 1 N–H and O–H groups in total. The molecular formula is C14H30N2. The molecule has 1 heterocycles. The predicted octanol–water partition coefficient (Wildman–Crippen LogP) is 3.03. The Kier molecular flexibility index (Phi) is 7.06. The van der Waals surface area contributed by atoms with Crippen LogP contribution in [0.2, 0.25) is 0 Å². The van der Waals surface area contributed by atoms with Crippen LogP contribution < -0.4 is 5.32 Å². The largest absolute Gasteiger partial charge is 0.313 e. The van der Waals surface area contributed by atoms with Crippen LogP contribution in [0.4, 0.5) is 0 Å². The monoisotopic (exact) mass is 226 g/mol. The maximum atomic E-state index is 3.59. The number of nitrogens with zero attached hydrogens (tertiary/aromatic N) is 1. The number of nitrogens with one attached hydrogen (secondary N) is 1. The van der Waals surface area contributed by atoms with Crippen molar-refractivity contribution in [2.45, 2.75) is 71.4 Å². The highest BCUT2D eigenvalue weighted by molar-refractivity contribution is 4.80. The molecule has 16 heavy (non-hydrogen) atoms. The minimum Gasteiger partial charge on any atom is -0.313 e. The van der Waals surface area contributed by atoms with Crippen molar-refractivity contribution in [2.75, 3.05) is 19.6 Å². The maximum Gasteiger partial charge on any atom is 0.0195 e. The van der Waals surface area contributed by atoms with Crippen LogP contribution in [0, 0.1) is 0 Å². The van der Waals surface area contributed by atoms with Gasteiger partial charge < -0.3 is 5.32 Å². The molecule has 0 spiro atoms. The lowest BCUT2D eigenvalue weighted by atomic mass is 10.0. The first-order valence-corrected chi connectivity index (χ1v) is 7.25. The molecule has 0 aromatic heterocycles. The Morgan fingerprint density at radius 3 is 2.81 bits per heavy atom. The molecule has 0 amide bonds. The third kappa shape index (κ3) is 4.84. The second-order valence-electron chi connectivity index (χ2n) is 5.24. The molecule has 0 aliphatic carbocycles. The summed E-state index contributed by atoms with van der Waals surface area (Å²) in [5.74, 6) is 0. The van der Waals surface area contributed by atoms with Crippen LogP contribution in [0.5, 0.6) is 0 Å². The molecule has 0 aromatic rings. The number of likely N-dealkylation sites (tertiary alicyclic amines) is 1. The van der Waals surface area contributed by atoms with Crippen molar-refractivity contribution < 1.29 is 0 Å². The lowest BCUT2D eigenvalue weighted by Gasteiger charge is -2.37. The second-order valence-corrected chi connectivity index (χ2v) is 5.24. The minimum atomic E-state index is 0.743. The first kappa shape index (κ1) is 14.0. The van der Waals surface area contributed by atoms with E-state index in [1.54, 1.807) is 0 Å². The van der Waals surface area contributed by atoms with Crippen LogP contribution >= 0.6 is 0 Å². The Hall–Kier alpha value is -0.0800. The van der Waals surface area contributed by atoms with Crippen molar-refractivity contribution in [1.82, 2.24) is 10.2 Å². The zero-order chi connectivity index (χ0) is 11.8. The maximum absolute atomic E-state index is 3.59. The summed E-state index contributed by atoms with van der Waals surface area (Å²) >= 11 is 0. The highest BCUT2D eigenvalue weighted by Crippen LogP contribution is 2.16. The molecular weight excluding hydrogens is 196 g/mol. The summed E-state index contributed by atoms with van der Waals surface area (Å²) in [7, 11) is 0. The zero-order valence-electron chi connectivity index (χ0n) is 11.5. The molecule has 2 atom stereocenters. The Bertz CT molecular complexity index is 168. The van der Waals surface area contributed by atoms with Crippen molar-refractivity contribution in [3.05, 3.63) is 0 Å². The molecule has 1 fully saturated rings. The van der Waals surface area contributed by atoms with Gasteiger partial charge in [-0.05, 0) is 39.3 Å². The smallest absolute Gasteiger partial charge is 0.0195 e. The highest BCUT2D eigenvalue weighted by Gasteiger charge is 2.22. The van der Waals surface area contributed by atoms with E-state index >= 15 is 0 Å². The van der Waals surface area contributed by atoms with Gasteiger partial charge in [0.15, 0.2) is 0 Å². The van der Waals surface area contributed by atoms with Crippen molar-refractivity contribution in [1.29, 1.82) is 0 Å². The van der Waals surface area contributed by atoms with Crippen molar-refractivity contribution in [2.24, 2.45) is 0 Å². The van der Waals surface area contributed by atoms with Gasteiger partial charge in [0.05, 0.1) is 0 Å². The predicted molar refractivity (Wildman–Crippen MR) is 71.9 cm³/mol. The van der Waals surface area contributed by atoms with Crippen LogP contribution in [0.15, 0.2) is 0 Å². The molecule has 1 aliphatic heterocycles. The summed E-state index contributed by atoms with van der Waals surface area (Å²) in [6.07, 6.45) is 8.26. The van der Waals surface area contributed by atoms with E-state index in [0.29, 0.717) is 0 Å². The van der Waals surface area contributed by atoms with Gasteiger partial charge in [-0.25, -0.2) is 0 Å². The van der Waals surface area contributed by atoms with E-state index in [9.17, 15) is 0 Å². The number of hydrogen-bond donors (Lipinski definition) is 1. The summed E-state index contributed by atoms with van der Waals surface area (Å²) in [6.45, 7) is 10.6. The molecule has 0 saturated carbocycles. The molecule has 1 saturated heterocycles. The van der Waals surface area contributed by atoms with Crippen LogP contribution in [-0.2, 0) is 0 Å². The van der Waals surface area contributed by atoms with Gasteiger partial charge in [-0.3, -0.25) is 4.90 Å². The van der Waals surface area contributed by atoms with Gasteiger partial charge in [-0.1, -0.05) is 33.1 Å². The van der Waals surface area contributed by atoms with E-state index in [1.165, 1.54) is 51.6 Å². The van der Waals surface area contributed by atoms with E-state index in [0.717, 1.165) is 18.6 Å². The first-order chi connectivity index (χ1) is 7.77. The average molecular weight is 226 g/mol. The fourth-order valence-electron chi connectivity index (χ4n) is 2.73. The fourth-order valence-corrected chi connectivity index (χ4v) is 2.73. The minimum absolute atomic E-state index is 0.743. The van der Waals surface area contributed by atoms with Crippen molar-refractivity contribution in [3.8, 4) is 0 Å². The first-order valence-electron chi connectivity index (χ1n) is 7.25. The molecule has 0 bridgehead atoms. The number of hydrogen-bond acceptors (Lipinski definition) is 2. The standard InChI is InChI=1S/C14H30N2/c1-4-6-7-9-13(3)16-11-8-10-14(12-16)15-5-2/h13-15H,4-12H2,1-3H3. The van der Waals surface area contributed by atoms with Gasteiger partial charge in [-0.15, -0.1) is 0 Å². The van der Waals surface area contributed by atoms with E-state index in [4.69, 9.17) is 0 Å². The van der Waals surface area contributed by atoms with Gasteiger partial charge in [0, 0.05) is 18.6 Å². The molecule has 2 heteroatoms. The molecule has 1 aliphatic rings. The normalized spacial score (nSPS) is 24.6. The van der Waals surface area contributed by atoms with Gasteiger partial charge in [0.25, 0.3) is 0 Å². The average Bonchev–Trinajstić information content (AvgIpc) is 2.30. The van der Waals surface area contributed by atoms with Crippen molar-refractivity contribution >= 4 is 0 Å². The fraction of sp³-hybridized carbons (Fsp3) is 1.00. The Morgan fingerprint density at radius 1 is 1.31 bits per heavy atom. The number of rotatable bonds is 7. The van der Waals surface area contributed by atoms with Crippen molar-refractivity contribution in [3.63, 3.8) is 0 Å². The molecule has 0 radical (unpaired) electrons. The molecule has 1 rings (SSSR count). The van der Waals surface area contributed by atoms with Gasteiger partial charge in [-0.2, -0.15) is 0 Å². The lowest BCUT2D eigenvalue weighted by molar-refractivity contribution is 0.138. The third-order valence-corrected chi connectivity index (χ3v) is 3.79. The summed E-state index contributed by atoms with van der Waals surface area (Å²) < 4.78 is 0. The molecule has 2 nitrogen and oxygen atoms in total. The van der Waals surface area contributed by atoms with Gasteiger partial charge in [0.2, 0.25) is 0 Å². The molecule has 96 valence electrons. The van der Waals surface area contributed by atoms with E-state index < -0.39 is 0 Å². The highest BCUT2D eigenvalue weighted by atomic mass is 15.2. The third-order valence-electron chi connectivity index (χ3n) is 3.79. The topological polar surface area (TPSA) is 15.3 Å². The zero-order valence-corrected chi connectivity index (χ0v) is 11.5. The quantitative estimate of drug-likeness (QED) is 0.671. The second kappa shape index (κ2) is 8.08. The number of unbranched alkanes of at least 4 members (excludes halogenated alkanes) is 2. The molecule has 0 aromatic carbocycles. The Morgan fingerprint density at radius 2 is 2.12 bits per heavy atom. The summed E-state index contributed by atoms with van der Waals surface area (Å²) in [4.78, 5) is 2.69. The van der Waals surface area contributed by atoms with Crippen LogP contribution in [0.25, 0.3) is 0 Å². The van der Waals surface area contributed by atoms with E-state index in [1.807, 2.05) is 0 Å². The van der Waals surface area contributed by atoms with Gasteiger partial charge in [0.1, 0.15) is 0 Å². The van der Waals surface area contributed by atoms with E-state index in [2.05, 4.69) is 31.0 Å². The summed E-state index contributed by atoms with van der Waals surface area (Å²) in [5.41, 5.74) is 0. The Balaban J connectivity index is 2.23. The number of piperidine rings is 1. The van der Waals surface area contributed by atoms with Crippen LogP contribution in [-0.4, -0.2) is 36.6 Å². The van der Waals surface area contributed by atoms with Crippen LogP contribution in [0.3, 0.4) is 0 Å². The lowest BCUT2D eigenvalue weighted by Crippen LogP contribution is -2.48. The van der Waals surface area contributed by atoms with E-state index in [-0.39, 0.29) is 0 Å². The number of likely N-dealkylation sites (N-methyl/N-ethyl adjacent to an activating group) is 1. The van der Waals surface area contributed by atoms with Crippen LogP contribution in [0.1, 0.15) is 59.3 Å².